The summed E-state index contributed by atoms with van der Waals surface area (Å²) >= 11 is 0. The van der Waals surface area contributed by atoms with Crippen molar-refractivity contribution in [2.45, 2.75) is 19.5 Å². The van der Waals surface area contributed by atoms with Crippen molar-refractivity contribution >= 4 is 5.97 Å². The highest BCUT2D eigenvalue weighted by molar-refractivity contribution is 5.68. The number of rotatable bonds is 2. The Bertz CT molecular complexity index is 85.0. The van der Waals surface area contributed by atoms with Crippen LogP contribution in [0.5, 0.6) is 0 Å². The molecule has 0 spiro atoms. The fraction of sp³-hybridized carbons (Fsp3) is 0.800. The SMILES string of the molecule is CCC(N)N.NCC(=O)O. The molecule has 5 heteroatoms. The van der Waals surface area contributed by atoms with Crippen molar-refractivity contribution < 1.29 is 9.90 Å². The van der Waals surface area contributed by atoms with E-state index in [-0.39, 0.29) is 12.7 Å². The third-order valence-corrected chi connectivity index (χ3v) is 0.646. The van der Waals surface area contributed by atoms with Gasteiger partial charge in [0.1, 0.15) is 0 Å². The van der Waals surface area contributed by atoms with Gasteiger partial charge in [-0.3, -0.25) is 4.79 Å². The van der Waals surface area contributed by atoms with Gasteiger partial charge in [0.15, 0.2) is 0 Å². The average molecular weight is 149 g/mol. The van der Waals surface area contributed by atoms with E-state index in [1.54, 1.807) is 0 Å². The molecule has 0 rings (SSSR count). The molecule has 0 aromatic heterocycles. The van der Waals surface area contributed by atoms with Gasteiger partial charge in [-0.15, -0.1) is 0 Å². The van der Waals surface area contributed by atoms with Gasteiger partial charge in [-0.2, -0.15) is 0 Å². The Morgan fingerprint density at radius 1 is 1.60 bits per heavy atom. The quantitative estimate of drug-likeness (QED) is 0.363. The fourth-order valence-electron chi connectivity index (χ4n) is 0. The predicted molar refractivity (Wildman–Crippen MR) is 39.1 cm³/mol. The summed E-state index contributed by atoms with van der Waals surface area (Å²) in [6, 6.07) is 0. The molecule has 0 aliphatic rings. The van der Waals surface area contributed by atoms with E-state index in [1.165, 1.54) is 0 Å². The van der Waals surface area contributed by atoms with Crippen molar-refractivity contribution in [2.24, 2.45) is 17.2 Å². The Labute approximate surface area is 60.2 Å². The lowest BCUT2D eigenvalue weighted by Gasteiger charge is -1.92. The van der Waals surface area contributed by atoms with Crippen LogP contribution >= 0.6 is 0 Å². The second-order valence-corrected chi connectivity index (χ2v) is 1.67. The van der Waals surface area contributed by atoms with Crippen LogP contribution in [-0.2, 0) is 4.79 Å². The predicted octanol–water partition coefficient (Wildman–Crippen LogP) is -1.33. The maximum absolute atomic E-state index is 9.24. The summed E-state index contributed by atoms with van der Waals surface area (Å²) in [6.45, 7) is 1.67. The van der Waals surface area contributed by atoms with Gasteiger partial charge < -0.3 is 22.3 Å². The molecule has 0 saturated carbocycles. The monoisotopic (exact) mass is 149 g/mol. The summed E-state index contributed by atoms with van der Waals surface area (Å²) in [4.78, 5) is 9.24. The molecule has 0 aliphatic carbocycles. The van der Waals surface area contributed by atoms with Crippen LogP contribution in [0.15, 0.2) is 0 Å². The van der Waals surface area contributed by atoms with E-state index in [2.05, 4.69) is 5.73 Å². The van der Waals surface area contributed by atoms with Crippen molar-refractivity contribution in [3.8, 4) is 0 Å². The molecule has 0 unspecified atom stereocenters. The van der Waals surface area contributed by atoms with Crippen LogP contribution < -0.4 is 17.2 Å². The molecule has 0 atom stereocenters. The molecule has 0 aromatic carbocycles. The van der Waals surface area contributed by atoms with E-state index in [1.807, 2.05) is 6.92 Å². The first-order valence-electron chi connectivity index (χ1n) is 2.97. The highest BCUT2D eigenvalue weighted by Crippen LogP contribution is 1.68. The van der Waals surface area contributed by atoms with Crippen LogP contribution in [0.4, 0.5) is 0 Å². The number of hydrogen-bond acceptors (Lipinski definition) is 4. The Morgan fingerprint density at radius 3 is 1.80 bits per heavy atom. The number of carboxylic acids is 1. The normalized spacial score (nSPS) is 8.50. The molecule has 62 valence electrons. The molecule has 0 aromatic rings. The summed E-state index contributed by atoms with van der Waals surface area (Å²) in [5, 5.41) is 7.60. The van der Waals surface area contributed by atoms with Gasteiger partial charge in [0.05, 0.1) is 12.7 Å². The van der Waals surface area contributed by atoms with E-state index in [4.69, 9.17) is 16.6 Å². The van der Waals surface area contributed by atoms with Crippen LogP contribution in [0.25, 0.3) is 0 Å². The van der Waals surface area contributed by atoms with Crippen molar-refractivity contribution in [1.82, 2.24) is 0 Å². The highest BCUT2D eigenvalue weighted by atomic mass is 16.4. The Kier molecular flexibility index (Phi) is 10.1. The van der Waals surface area contributed by atoms with E-state index in [0.717, 1.165) is 6.42 Å². The first kappa shape index (κ1) is 12.1. The number of carboxylic acid groups (broad SMARTS) is 1. The van der Waals surface area contributed by atoms with Gasteiger partial charge >= 0.3 is 5.97 Å². The lowest BCUT2D eigenvalue weighted by Crippen LogP contribution is -2.28. The molecular weight excluding hydrogens is 134 g/mol. The summed E-state index contributed by atoms with van der Waals surface area (Å²) in [5.74, 6) is -0.968. The first-order valence-corrected chi connectivity index (χ1v) is 2.97. The van der Waals surface area contributed by atoms with Crippen LogP contribution in [0.2, 0.25) is 0 Å². The molecule has 0 radical (unpaired) electrons. The van der Waals surface area contributed by atoms with Crippen LogP contribution in [0, 0.1) is 0 Å². The van der Waals surface area contributed by atoms with Crippen molar-refractivity contribution in [3.63, 3.8) is 0 Å². The number of hydrogen-bond donors (Lipinski definition) is 4. The smallest absolute Gasteiger partial charge is 0.317 e. The summed E-state index contributed by atoms with van der Waals surface area (Å²) < 4.78 is 0. The summed E-state index contributed by atoms with van der Waals surface area (Å²) in [5.41, 5.74) is 14.7. The zero-order valence-electron chi connectivity index (χ0n) is 6.08. The summed E-state index contributed by atoms with van der Waals surface area (Å²) in [6.07, 6.45) is 0.745. The minimum atomic E-state index is -0.968. The maximum Gasteiger partial charge on any atom is 0.317 e. The number of aliphatic carboxylic acids is 1. The number of nitrogens with two attached hydrogens (primary N) is 3. The molecular formula is C5H15N3O2. The van der Waals surface area contributed by atoms with Gasteiger partial charge in [0.2, 0.25) is 0 Å². The van der Waals surface area contributed by atoms with Crippen molar-refractivity contribution in [1.29, 1.82) is 0 Å². The van der Waals surface area contributed by atoms with E-state index < -0.39 is 5.97 Å². The minimum Gasteiger partial charge on any atom is -0.480 e. The van der Waals surface area contributed by atoms with Gasteiger partial charge in [-0.25, -0.2) is 0 Å². The van der Waals surface area contributed by atoms with Crippen molar-refractivity contribution in [3.05, 3.63) is 0 Å². The largest absolute Gasteiger partial charge is 0.480 e. The second-order valence-electron chi connectivity index (χ2n) is 1.67. The van der Waals surface area contributed by atoms with E-state index in [9.17, 15) is 4.79 Å². The maximum atomic E-state index is 9.24. The average Bonchev–Trinajstić information content (AvgIpc) is 1.89. The Balaban J connectivity index is 0. The molecule has 0 heterocycles. The minimum absolute atomic E-state index is 0.116. The lowest BCUT2D eigenvalue weighted by atomic mass is 10.4. The molecule has 0 bridgehead atoms. The lowest BCUT2D eigenvalue weighted by molar-refractivity contribution is -0.135. The van der Waals surface area contributed by atoms with E-state index in [0.29, 0.717) is 0 Å². The molecule has 0 amide bonds. The standard InChI is InChI=1S/C3H10N2.C2H5NO2/c1-2-3(4)5;3-1-2(4)5/h3H,2,4-5H2,1H3;1,3H2,(H,4,5). The van der Waals surface area contributed by atoms with Gasteiger partial charge in [-0.05, 0) is 6.42 Å². The van der Waals surface area contributed by atoms with Crippen LogP contribution in [0.3, 0.4) is 0 Å². The second kappa shape index (κ2) is 8.35. The zero-order valence-corrected chi connectivity index (χ0v) is 6.08. The molecule has 0 aliphatic heterocycles. The van der Waals surface area contributed by atoms with Crippen LogP contribution in [0.1, 0.15) is 13.3 Å². The molecule has 10 heavy (non-hydrogen) atoms. The van der Waals surface area contributed by atoms with Crippen LogP contribution in [-0.4, -0.2) is 23.8 Å². The van der Waals surface area contributed by atoms with Gasteiger partial charge in [0.25, 0.3) is 0 Å². The molecule has 5 nitrogen and oxygen atoms in total. The highest BCUT2D eigenvalue weighted by Gasteiger charge is 1.81. The number of carbonyl (C=O) groups is 1. The topological polar surface area (TPSA) is 115 Å². The molecule has 0 saturated heterocycles. The summed E-state index contributed by atoms with van der Waals surface area (Å²) in [7, 11) is 0. The first-order chi connectivity index (χ1) is 4.54. The Morgan fingerprint density at radius 2 is 1.80 bits per heavy atom. The van der Waals surface area contributed by atoms with Crippen molar-refractivity contribution in [2.75, 3.05) is 6.54 Å². The van der Waals surface area contributed by atoms with Gasteiger partial charge in [-0.1, -0.05) is 6.92 Å². The third-order valence-electron chi connectivity index (χ3n) is 0.646. The molecule has 0 fully saturated rings. The zero-order chi connectivity index (χ0) is 8.57. The fourth-order valence-corrected chi connectivity index (χ4v) is 0. The third kappa shape index (κ3) is 26.4. The molecule has 7 N–H and O–H groups in total. The Hall–Kier alpha value is -0.650. The van der Waals surface area contributed by atoms with Gasteiger partial charge in [0, 0.05) is 0 Å². The van der Waals surface area contributed by atoms with E-state index >= 15 is 0 Å².